The SMILES string of the molecule is COc1cc(/C=N\NC(=O)Cn2cnc3sc4c(c3c2=O)CC[C@H](C)C4)cc(Br)c1OC. The van der Waals surface area contributed by atoms with Crippen LogP contribution in [0.1, 0.15) is 29.3 Å². The predicted octanol–water partition coefficient (Wildman–Crippen LogP) is 3.51. The van der Waals surface area contributed by atoms with Crippen molar-refractivity contribution in [2.24, 2.45) is 11.0 Å². The third kappa shape index (κ3) is 4.42. The van der Waals surface area contributed by atoms with E-state index in [1.54, 1.807) is 37.7 Å². The molecule has 0 aliphatic heterocycles. The molecule has 0 saturated carbocycles. The number of thiophene rings is 1. The summed E-state index contributed by atoms with van der Waals surface area (Å²) in [5.41, 5.74) is 4.09. The number of hydrogen-bond donors (Lipinski definition) is 1. The summed E-state index contributed by atoms with van der Waals surface area (Å²) in [6.45, 7) is 2.07. The lowest BCUT2D eigenvalue weighted by molar-refractivity contribution is -0.121. The van der Waals surface area contributed by atoms with Gasteiger partial charge >= 0.3 is 0 Å². The monoisotopic (exact) mass is 518 g/mol. The van der Waals surface area contributed by atoms with Crippen molar-refractivity contribution in [3.63, 3.8) is 0 Å². The summed E-state index contributed by atoms with van der Waals surface area (Å²) in [5.74, 6) is 1.31. The lowest BCUT2D eigenvalue weighted by Crippen LogP contribution is -2.30. The number of hydrogen-bond acceptors (Lipinski definition) is 7. The molecule has 8 nitrogen and oxygen atoms in total. The Hall–Kier alpha value is -2.72. The van der Waals surface area contributed by atoms with Gasteiger partial charge in [0.1, 0.15) is 11.4 Å². The fourth-order valence-electron chi connectivity index (χ4n) is 3.86. The molecule has 1 N–H and O–H groups in total. The van der Waals surface area contributed by atoms with E-state index >= 15 is 0 Å². The molecule has 1 aliphatic carbocycles. The average Bonchev–Trinajstić information content (AvgIpc) is 3.13. The Morgan fingerprint density at radius 2 is 2.22 bits per heavy atom. The van der Waals surface area contributed by atoms with E-state index in [1.807, 2.05) is 0 Å². The van der Waals surface area contributed by atoms with Gasteiger partial charge in [-0.3, -0.25) is 14.2 Å². The van der Waals surface area contributed by atoms with Gasteiger partial charge in [-0.2, -0.15) is 5.10 Å². The molecule has 2 aromatic heterocycles. The molecular weight excluding hydrogens is 496 g/mol. The fraction of sp³-hybridized carbons (Fsp3) is 0.364. The maximum atomic E-state index is 13.0. The van der Waals surface area contributed by atoms with Crippen molar-refractivity contribution >= 4 is 49.6 Å². The van der Waals surface area contributed by atoms with Crippen LogP contribution in [0.5, 0.6) is 11.5 Å². The first-order chi connectivity index (χ1) is 15.4. The molecule has 1 amide bonds. The molecule has 0 radical (unpaired) electrons. The maximum Gasteiger partial charge on any atom is 0.262 e. The van der Waals surface area contributed by atoms with Crippen LogP contribution in [-0.4, -0.2) is 35.9 Å². The predicted molar refractivity (Wildman–Crippen MR) is 128 cm³/mol. The first kappa shape index (κ1) is 22.5. The quantitative estimate of drug-likeness (QED) is 0.398. The first-order valence-corrected chi connectivity index (χ1v) is 11.7. The normalized spacial score (nSPS) is 15.7. The summed E-state index contributed by atoms with van der Waals surface area (Å²) in [6.07, 6.45) is 5.86. The van der Waals surface area contributed by atoms with Crippen molar-refractivity contribution < 1.29 is 14.3 Å². The van der Waals surface area contributed by atoms with Crippen LogP contribution < -0.4 is 20.5 Å². The number of halogens is 1. The number of nitrogens with zero attached hydrogens (tertiary/aromatic N) is 3. The number of ether oxygens (including phenoxy) is 2. The summed E-state index contributed by atoms with van der Waals surface area (Å²) in [7, 11) is 3.10. The second kappa shape index (κ2) is 9.41. The number of aromatic nitrogens is 2. The van der Waals surface area contributed by atoms with E-state index in [2.05, 4.69) is 38.4 Å². The molecular formula is C22H23BrN4O4S. The highest BCUT2D eigenvalue weighted by molar-refractivity contribution is 9.10. The van der Waals surface area contributed by atoms with Gasteiger partial charge < -0.3 is 9.47 Å². The van der Waals surface area contributed by atoms with Gasteiger partial charge in [-0.05, 0) is 64.4 Å². The van der Waals surface area contributed by atoms with Crippen molar-refractivity contribution in [1.82, 2.24) is 15.0 Å². The number of hydrazone groups is 1. The first-order valence-electron chi connectivity index (χ1n) is 10.1. The third-order valence-corrected chi connectivity index (χ3v) is 7.21. The number of methoxy groups -OCH3 is 2. The van der Waals surface area contributed by atoms with Crippen molar-refractivity contribution in [3.05, 3.63) is 49.3 Å². The van der Waals surface area contributed by atoms with Gasteiger partial charge in [0.05, 0.1) is 36.6 Å². The molecule has 0 unspecified atom stereocenters. The second-order valence-electron chi connectivity index (χ2n) is 7.74. The molecule has 2 heterocycles. The van der Waals surface area contributed by atoms with E-state index in [1.165, 1.54) is 22.0 Å². The highest BCUT2D eigenvalue weighted by Gasteiger charge is 2.23. The number of amides is 1. The van der Waals surface area contributed by atoms with E-state index in [9.17, 15) is 9.59 Å². The standard InChI is InChI=1S/C22H23BrN4O4S/c1-12-4-5-14-17(6-12)32-21-19(14)22(29)27(11-24-21)10-18(28)26-25-9-13-7-15(23)20(31-3)16(8-13)30-2/h7-9,11-12H,4-6,10H2,1-3H3,(H,26,28)/b25-9-/t12-/m0/s1. The molecule has 1 atom stereocenters. The van der Waals surface area contributed by atoms with Crippen LogP contribution in [-0.2, 0) is 24.2 Å². The van der Waals surface area contributed by atoms with Crippen LogP contribution in [0.4, 0.5) is 0 Å². The minimum Gasteiger partial charge on any atom is -0.493 e. The Kier molecular flexibility index (Phi) is 6.61. The lowest BCUT2D eigenvalue weighted by Gasteiger charge is -2.17. The lowest BCUT2D eigenvalue weighted by atomic mass is 9.89. The van der Waals surface area contributed by atoms with Crippen LogP contribution in [0.25, 0.3) is 10.2 Å². The van der Waals surface area contributed by atoms with E-state index < -0.39 is 5.91 Å². The maximum absolute atomic E-state index is 13.0. The smallest absolute Gasteiger partial charge is 0.262 e. The zero-order valence-electron chi connectivity index (χ0n) is 18.0. The Bertz CT molecular complexity index is 1270. The number of carbonyl (C=O) groups is 1. The number of benzene rings is 1. The molecule has 4 rings (SSSR count). The number of aryl methyl sites for hydroxylation is 1. The molecule has 32 heavy (non-hydrogen) atoms. The largest absolute Gasteiger partial charge is 0.493 e. The summed E-state index contributed by atoms with van der Waals surface area (Å²) in [5, 5.41) is 4.65. The molecule has 1 aromatic carbocycles. The fourth-order valence-corrected chi connectivity index (χ4v) is 5.82. The zero-order chi connectivity index (χ0) is 22.8. The molecule has 3 aromatic rings. The summed E-state index contributed by atoms with van der Waals surface area (Å²) in [4.78, 5) is 31.8. The zero-order valence-corrected chi connectivity index (χ0v) is 20.4. The van der Waals surface area contributed by atoms with E-state index in [0.717, 1.165) is 29.7 Å². The van der Waals surface area contributed by atoms with Gasteiger partial charge in [-0.15, -0.1) is 11.3 Å². The highest BCUT2D eigenvalue weighted by Crippen LogP contribution is 2.36. The molecule has 0 spiro atoms. The van der Waals surface area contributed by atoms with Crippen LogP contribution in [0, 0.1) is 5.92 Å². The van der Waals surface area contributed by atoms with Crippen molar-refractivity contribution in [3.8, 4) is 11.5 Å². The van der Waals surface area contributed by atoms with Crippen LogP contribution in [0.15, 0.2) is 32.8 Å². The van der Waals surface area contributed by atoms with Crippen LogP contribution in [0.2, 0.25) is 0 Å². The van der Waals surface area contributed by atoms with E-state index in [0.29, 0.717) is 32.8 Å². The number of rotatable bonds is 6. The number of fused-ring (bicyclic) bond motifs is 3. The number of carbonyl (C=O) groups excluding carboxylic acids is 1. The van der Waals surface area contributed by atoms with Gasteiger partial charge in [-0.25, -0.2) is 10.4 Å². The Balaban J connectivity index is 1.48. The molecule has 0 bridgehead atoms. The Morgan fingerprint density at radius 3 is 2.97 bits per heavy atom. The van der Waals surface area contributed by atoms with Gasteiger partial charge in [0.25, 0.3) is 11.5 Å². The van der Waals surface area contributed by atoms with Gasteiger partial charge in [0.15, 0.2) is 11.5 Å². The molecule has 0 fully saturated rings. The summed E-state index contributed by atoms with van der Waals surface area (Å²) >= 11 is 5.01. The summed E-state index contributed by atoms with van der Waals surface area (Å²) < 4.78 is 12.6. The second-order valence-corrected chi connectivity index (χ2v) is 9.68. The van der Waals surface area contributed by atoms with Crippen molar-refractivity contribution in [1.29, 1.82) is 0 Å². The Morgan fingerprint density at radius 1 is 1.41 bits per heavy atom. The van der Waals surface area contributed by atoms with Crippen molar-refractivity contribution in [2.45, 2.75) is 32.7 Å². The van der Waals surface area contributed by atoms with E-state index in [4.69, 9.17) is 9.47 Å². The van der Waals surface area contributed by atoms with E-state index in [-0.39, 0.29) is 12.1 Å². The van der Waals surface area contributed by atoms with Crippen molar-refractivity contribution in [2.75, 3.05) is 14.2 Å². The topological polar surface area (TPSA) is 94.8 Å². The average molecular weight is 519 g/mol. The molecule has 0 saturated heterocycles. The van der Waals surface area contributed by atoms with Gasteiger partial charge in [0, 0.05) is 4.88 Å². The van der Waals surface area contributed by atoms with Gasteiger partial charge in [0.2, 0.25) is 0 Å². The molecule has 168 valence electrons. The number of nitrogens with one attached hydrogen (secondary N) is 1. The highest BCUT2D eigenvalue weighted by atomic mass is 79.9. The molecule has 10 heteroatoms. The summed E-state index contributed by atoms with van der Waals surface area (Å²) in [6, 6.07) is 3.53. The minimum absolute atomic E-state index is 0.157. The Labute approximate surface area is 197 Å². The minimum atomic E-state index is -0.415. The third-order valence-electron chi connectivity index (χ3n) is 5.45. The van der Waals surface area contributed by atoms with Crippen LogP contribution >= 0.6 is 27.3 Å². The van der Waals surface area contributed by atoms with Gasteiger partial charge in [-0.1, -0.05) is 6.92 Å². The molecule has 1 aliphatic rings. The van der Waals surface area contributed by atoms with Crippen LogP contribution in [0.3, 0.4) is 0 Å².